The van der Waals surface area contributed by atoms with E-state index in [9.17, 15) is 4.79 Å². The summed E-state index contributed by atoms with van der Waals surface area (Å²) in [6.07, 6.45) is 0. The number of carbonyl (C=O) groups is 1. The van der Waals surface area contributed by atoms with Gasteiger partial charge < -0.3 is 4.42 Å². The second-order valence-corrected chi connectivity index (χ2v) is 8.13. The van der Waals surface area contributed by atoms with Gasteiger partial charge in [-0.05, 0) is 44.0 Å². The molecule has 4 nitrogen and oxygen atoms in total. The molecule has 4 rings (SSSR count). The molecule has 0 aliphatic heterocycles. The first-order valence-electron chi connectivity index (χ1n) is 8.92. The fourth-order valence-corrected chi connectivity index (χ4v) is 4.50. The van der Waals surface area contributed by atoms with Gasteiger partial charge in [0, 0.05) is 0 Å². The van der Waals surface area contributed by atoms with E-state index in [-0.39, 0.29) is 5.91 Å². The number of nitrogens with zero attached hydrogens (tertiary/aromatic N) is 2. The highest BCUT2D eigenvalue weighted by atomic mass is 35.5. The van der Waals surface area contributed by atoms with Gasteiger partial charge >= 0.3 is 0 Å². The minimum Gasteiger partial charge on any atom is -0.466 e. The largest absolute Gasteiger partial charge is 0.466 e. The molecule has 4 aromatic rings. The molecule has 0 N–H and O–H groups in total. The normalized spacial score (nSPS) is 11.1. The van der Waals surface area contributed by atoms with E-state index in [1.54, 1.807) is 17.9 Å². The van der Waals surface area contributed by atoms with Crippen LogP contribution in [0.3, 0.4) is 0 Å². The Hall–Kier alpha value is -2.63. The zero-order valence-electron chi connectivity index (χ0n) is 15.8. The van der Waals surface area contributed by atoms with E-state index in [4.69, 9.17) is 21.0 Å². The minimum atomic E-state index is -0.133. The van der Waals surface area contributed by atoms with Gasteiger partial charge in [-0.1, -0.05) is 59.3 Å². The number of thiazole rings is 1. The van der Waals surface area contributed by atoms with E-state index in [1.165, 1.54) is 11.3 Å². The second kappa shape index (κ2) is 7.41. The number of halogens is 1. The number of hydrogen-bond acceptors (Lipinski definition) is 4. The Balaban J connectivity index is 1.83. The van der Waals surface area contributed by atoms with Crippen LogP contribution in [0, 0.1) is 20.8 Å². The number of aryl methyl sites for hydroxylation is 3. The first-order chi connectivity index (χ1) is 13.4. The topological polar surface area (TPSA) is 46.3 Å². The Morgan fingerprint density at radius 2 is 1.89 bits per heavy atom. The van der Waals surface area contributed by atoms with Gasteiger partial charge in [-0.15, -0.1) is 0 Å². The van der Waals surface area contributed by atoms with Crippen LogP contribution in [-0.4, -0.2) is 10.9 Å². The monoisotopic (exact) mass is 410 g/mol. The molecule has 28 heavy (non-hydrogen) atoms. The van der Waals surface area contributed by atoms with Crippen LogP contribution in [-0.2, 0) is 6.54 Å². The van der Waals surface area contributed by atoms with Gasteiger partial charge in [-0.3, -0.25) is 9.69 Å². The van der Waals surface area contributed by atoms with Gasteiger partial charge in [0.15, 0.2) is 5.13 Å². The van der Waals surface area contributed by atoms with Crippen molar-refractivity contribution in [2.45, 2.75) is 27.3 Å². The van der Waals surface area contributed by atoms with E-state index in [1.807, 2.05) is 56.3 Å². The number of fused-ring (bicyclic) bond motifs is 1. The minimum absolute atomic E-state index is 0.133. The summed E-state index contributed by atoms with van der Waals surface area (Å²) in [5, 5.41) is 1.27. The SMILES string of the molecule is Cc1cc(C(=O)N(Cc2ccccc2)c2nc3c(C)ccc(Cl)c3s2)c(C)o1. The van der Waals surface area contributed by atoms with E-state index in [2.05, 4.69) is 0 Å². The second-order valence-electron chi connectivity index (χ2n) is 6.74. The van der Waals surface area contributed by atoms with Crippen molar-refractivity contribution in [1.29, 1.82) is 0 Å². The Kier molecular flexibility index (Phi) is 4.96. The summed E-state index contributed by atoms with van der Waals surface area (Å²) in [5.74, 6) is 1.19. The van der Waals surface area contributed by atoms with Crippen LogP contribution in [0.1, 0.15) is 33.0 Å². The Labute approximate surface area is 172 Å². The summed E-state index contributed by atoms with van der Waals surface area (Å²) in [6.45, 7) is 6.06. The Morgan fingerprint density at radius 1 is 1.14 bits per heavy atom. The maximum Gasteiger partial charge on any atom is 0.263 e. The Morgan fingerprint density at radius 3 is 2.54 bits per heavy atom. The molecule has 0 aliphatic carbocycles. The van der Waals surface area contributed by atoms with Crippen molar-refractivity contribution in [3.8, 4) is 0 Å². The molecule has 2 aromatic heterocycles. The van der Waals surface area contributed by atoms with Crippen molar-refractivity contribution in [1.82, 2.24) is 4.98 Å². The van der Waals surface area contributed by atoms with Crippen molar-refractivity contribution in [3.05, 3.63) is 81.8 Å². The fraction of sp³-hybridized carbons (Fsp3) is 0.182. The van der Waals surface area contributed by atoms with Gasteiger partial charge in [0.1, 0.15) is 11.5 Å². The van der Waals surface area contributed by atoms with Gasteiger partial charge in [-0.2, -0.15) is 0 Å². The number of carbonyl (C=O) groups excluding carboxylic acids is 1. The van der Waals surface area contributed by atoms with Crippen LogP contribution in [0.2, 0.25) is 5.02 Å². The highest BCUT2D eigenvalue weighted by molar-refractivity contribution is 7.23. The van der Waals surface area contributed by atoms with Gasteiger partial charge in [0.25, 0.3) is 5.91 Å². The molecule has 6 heteroatoms. The van der Waals surface area contributed by atoms with Crippen LogP contribution in [0.15, 0.2) is 52.9 Å². The van der Waals surface area contributed by atoms with E-state index in [0.717, 1.165) is 21.3 Å². The fourth-order valence-electron chi connectivity index (χ4n) is 3.19. The summed E-state index contributed by atoms with van der Waals surface area (Å²) < 4.78 is 6.47. The molecular formula is C22H19ClN2O2S. The van der Waals surface area contributed by atoms with Crippen LogP contribution < -0.4 is 4.90 Å². The van der Waals surface area contributed by atoms with Crippen molar-refractivity contribution >= 4 is 44.2 Å². The summed E-state index contributed by atoms with van der Waals surface area (Å²) >= 11 is 7.82. The smallest absolute Gasteiger partial charge is 0.263 e. The molecule has 0 spiro atoms. The molecule has 0 saturated heterocycles. The molecule has 2 aromatic carbocycles. The summed E-state index contributed by atoms with van der Waals surface area (Å²) in [7, 11) is 0. The average molecular weight is 411 g/mol. The highest BCUT2D eigenvalue weighted by Crippen LogP contribution is 2.37. The number of hydrogen-bond donors (Lipinski definition) is 0. The lowest BCUT2D eigenvalue weighted by molar-refractivity contribution is 0.0983. The number of aromatic nitrogens is 1. The van der Waals surface area contributed by atoms with Crippen LogP contribution in [0.4, 0.5) is 5.13 Å². The number of benzene rings is 2. The maximum absolute atomic E-state index is 13.4. The summed E-state index contributed by atoms with van der Waals surface area (Å²) in [5.41, 5.74) is 3.44. The zero-order chi connectivity index (χ0) is 19.8. The quantitative estimate of drug-likeness (QED) is 0.395. The molecule has 0 aliphatic rings. The van der Waals surface area contributed by atoms with Crippen molar-refractivity contribution in [2.75, 3.05) is 4.90 Å². The maximum atomic E-state index is 13.4. The zero-order valence-corrected chi connectivity index (χ0v) is 17.4. The lowest BCUT2D eigenvalue weighted by atomic mass is 10.2. The van der Waals surface area contributed by atoms with Crippen LogP contribution in [0.25, 0.3) is 10.2 Å². The summed E-state index contributed by atoms with van der Waals surface area (Å²) in [4.78, 5) is 19.9. The third-order valence-electron chi connectivity index (χ3n) is 4.62. The number of anilines is 1. The van der Waals surface area contributed by atoms with E-state index < -0.39 is 0 Å². The van der Waals surface area contributed by atoms with Crippen LogP contribution >= 0.6 is 22.9 Å². The summed E-state index contributed by atoms with van der Waals surface area (Å²) in [6, 6.07) is 15.5. The number of furan rings is 1. The van der Waals surface area contributed by atoms with Gasteiger partial charge in [0.05, 0.1) is 27.3 Å². The van der Waals surface area contributed by atoms with E-state index in [0.29, 0.717) is 33.8 Å². The van der Waals surface area contributed by atoms with Crippen molar-refractivity contribution in [3.63, 3.8) is 0 Å². The molecule has 0 saturated carbocycles. The number of amides is 1. The first kappa shape index (κ1) is 18.7. The lowest BCUT2D eigenvalue weighted by Crippen LogP contribution is -2.30. The Bertz CT molecular complexity index is 1130. The van der Waals surface area contributed by atoms with Crippen LogP contribution in [0.5, 0.6) is 0 Å². The lowest BCUT2D eigenvalue weighted by Gasteiger charge is -2.19. The van der Waals surface area contributed by atoms with Crippen molar-refractivity contribution in [2.24, 2.45) is 0 Å². The first-order valence-corrected chi connectivity index (χ1v) is 10.1. The predicted octanol–water partition coefficient (Wildman–Crippen LogP) is 6.31. The molecule has 0 bridgehead atoms. The predicted molar refractivity (Wildman–Crippen MR) is 115 cm³/mol. The van der Waals surface area contributed by atoms with E-state index >= 15 is 0 Å². The average Bonchev–Trinajstić information content (AvgIpc) is 3.27. The number of rotatable bonds is 4. The van der Waals surface area contributed by atoms with Gasteiger partial charge in [0.2, 0.25) is 0 Å². The molecule has 0 unspecified atom stereocenters. The molecule has 0 radical (unpaired) electrons. The van der Waals surface area contributed by atoms with Gasteiger partial charge in [-0.25, -0.2) is 4.98 Å². The molecular weight excluding hydrogens is 392 g/mol. The highest BCUT2D eigenvalue weighted by Gasteiger charge is 2.25. The molecule has 0 atom stereocenters. The molecule has 0 fully saturated rings. The third-order valence-corrected chi connectivity index (χ3v) is 6.16. The molecule has 142 valence electrons. The molecule has 2 heterocycles. The standard InChI is InChI=1S/C22H19ClN2O2S/c1-13-9-10-18(23)20-19(13)24-22(28-20)25(12-16-7-5-4-6-8-16)21(26)17-11-14(2)27-15(17)3/h4-11H,12H2,1-3H3. The molecule has 1 amide bonds. The van der Waals surface area contributed by atoms with Crippen molar-refractivity contribution < 1.29 is 9.21 Å². The third kappa shape index (κ3) is 3.43.